The van der Waals surface area contributed by atoms with E-state index >= 15 is 0 Å². The minimum absolute atomic E-state index is 0.123. The predicted molar refractivity (Wildman–Crippen MR) is 51.8 cm³/mol. The molecule has 0 aliphatic rings. The second-order valence-electron chi connectivity index (χ2n) is 3.12. The number of hydrogen-bond donors (Lipinski definition) is 1. The Hall–Kier alpha value is -0.940. The van der Waals surface area contributed by atoms with Crippen LogP contribution in [-0.2, 0) is 4.74 Å². The Kier molecular flexibility index (Phi) is 4.03. The van der Waals surface area contributed by atoms with Gasteiger partial charge >= 0.3 is 0 Å². The molecule has 0 saturated carbocycles. The molecule has 1 heterocycles. The predicted octanol–water partition coefficient (Wildman–Crippen LogP) is 1.45. The molecule has 1 aromatic rings. The van der Waals surface area contributed by atoms with Crippen LogP contribution in [0.1, 0.15) is 44.1 Å². The lowest BCUT2D eigenvalue weighted by atomic mass is 10.2. The van der Waals surface area contributed by atoms with Crippen molar-refractivity contribution in [3.63, 3.8) is 0 Å². The van der Waals surface area contributed by atoms with Crippen molar-refractivity contribution in [3.05, 3.63) is 11.7 Å². The maximum Gasteiger partial charge on any atom is 0.243 e. The molecule has 0 fully saturated rings. The quantitative estimate of drug-likeness (QED) is 0.777. The Balaban J connectivity index is 2.76. The minimum atomic E-state index is -0.123. The molecular formula is C9H17N3O2. The van der Waals surface area contributed by atoms with E-state index in [4.69, 9.17) is 9.26 Å². The van der Waals surface area contributed by atoms with E-state index in [-0.39, 0.29) is 12.1 Å². The van der Waals surface area contributed by atoms with Gasteiger partial charge in [0.2, 0.25) is 5.89 Å². The van der Waals surface area contributed by atoms with Crippen LogP contribution < -0.4 is 5.32 Å². The standard InChI is InChI=1S/C9H17N3O2/c1-5-7(10-3)9-11-8(12-14-9)6(2)13-4/h6-7,10H,5H2,1-4H3. The highest BCUT2D eigenvalue weighted by Gasteiger charge is 2.17. The van der Waals surface area contributed by atoms with Crippen LogP contribution in [0.5, 0.6) is 0 Å². The van der Waals surface area contributed by atoms with Gasteiger partial charge in [0.1, 0.15) is 6.10 Å². The highest BCUT2D eigenvalue weighted by Crippen LogP contribution is 2.17. The van der Waals surface area contributed by atoms with Crippen LogP contribution in [0.3, 0.4) is 0 Å². The molecule has 0 radical (unpaired) electrons. The average Bonchev–Trinajstić information content (AvgIpc) is 2.68. The SMILES string of the molecule is CCC(NC)c1nc(C(C)OC)no1. The highest BCUT2D eigenvalue weighted by molar-refractivity contribution is 4.94. The highest BCUT2D eigenvalue weighted by atomic mass is 16.5. The van der Waals surface area contributed by atoms with Crippen molar-refractivity contribution in [2.75, 3.05) is 14.2 Å². The zero-order valence-electron chi connectivity index (χ0n) is 9.07. The summed E-state index contributed by atoms with van der Waals surface area (Å²) in [6.07, 6.45) is 0.793. The molecule has 0 saturated heterocycles. The number of nitrogens with one attached hydrogen (secondary N) is 1. The Bertz CT molecular complexity index is 271. The van der Waals surface area contributed by atoms with Crippen molar-refractivity contribution in [1.29, 1.82) is 0 Å². The van der Waals surface area contributed by atoms with Crippen LogP contribution in [0.4, 0.5) is 0 Å². The minimum Gasteiger partial charge on any atom is -0.374 e. The van der Waals surface area contributed by atoms with E-state index in [1.807, 2.05) is 14.0 Å². The van der Waals surface area contributed by atoms with Crippen LogP contribution in [0, 0.1) is 0 Å². The van der Waals surface area contributed by atoms with Gasteiger partial charge in [-0.25, -0.2) is 0 Å². The first kappa shape index (κ1) is 11.1. The summed E-state index contributed by atoms with van der Waals surface area (Å²) in [5.74, 6) is 1.21. The molecule has 80 valence electrons. The summed E-state index contributed by atoms with van der Waals surface area (Å²) >= 11 is 0. The molecule has 0 aromatic carbocycles. The molecule has 2 atom stereocenters. The van der Waals surface area contributed by atoms with Crippen LogP contribution in [-0.4, -0.2) is 24.3 Å². The van der Waals surface area contributed by atoms with Gasteiger partial charge in [0.05, 0.1) is 6.04 Å². The third-order valence-corrected chi connectivity index (χ3v) is 2.23. The zero-order chi connectivity index (χ0) is 10.6. The zero-order valence-corrected chi connectivity index (χ0v) is 9.07. The Morgan fingerprint density at radius 1 is 1.57 bits per heavy atom. The third-order valence-electron chi connectivity index (χ3n) is 2.23. The summed E-state index contributed by atoms with van der Waals surface area (Å²) < 4.78 is 10.2. The number of rotatable bonds is 5. The molecule has 5 nitrogen and oxygen atoms in total. The number of ether oxygens (including phenoxy) is 1. The smallest absolute Gasteiger partial charge is 0.243 e. The summed E-state index contributed by atoms with van der Waals surface area (Å²) in [7, 11) is 3.49. The van der Waals surface area contributed by atoms with E-state index in [1.54, 1.807) is 7.11 Å². The Labute approximate surface area is 83.8 Å². The molecule has 1 rings (SSSR count). The van der Waals surface area contributed by atoms with Crippen molar-refractivity contribution in [1.82, 2.24) is 15.5 Å². The summed E-state index contributed by atoms with van der Waals surface area (Å²) in [5, 5.41) is 6.95. The molecule has 14 heavy (non-hydrogen) atoms. The lowest BCUT2D eigenvalue weighted by Gasteiger charge is -2.06. The van der Waals surface area contributed by atoms with Crippen molar-refractivity contribution < 1.29 is 9.26 Å². The molecular weight excluding hydrogens is 182 g/mol. The van der Waals surface area contributed by atoms with Crippen LogP contribution >= 0.6 is 0 Å². The summed E-state index contributed by atoms with van der Waals surface area (Å²) in [6.45, 7) is 3.94. The molecule has 2 unspecified atom stereocenters. The first-order chi connectivity index (χ1) is 6.72. The summed E-state index contributed by atoms with van der Waals surface area (Å²) in [4.78, 5) is 4.26. The molecule has 0 bridgehead atoms. The molecule has 1 aromatic heterocycles. The van der Waals surface area contributed by atoms with Gasteiger partial charge in [-0.2, -0.15) is 4.98 Å². The fraction of sp³-hybridized carbons (Fsp3) is 0.778. The maximum absolute atomic E-state index is 5.13. The molecule has 0 aliphatic carbocycles. The fourth-order valence-corrected chi connectivity index (χ4v) is 1.16. The summed E-state index contributed by atoms with van der Waals surface area (Å²) in [5.41, 5.74) is 0. The van der Waals surface area contributed by atoms with Crippen LogP contribution in [0.2, 0.25) is 0 Å². The van der Waals surface area contributed by atoms with Gasteiger partial charge < -0.3 is 14.6 Å². The molecule has 1 N–H and O–H groups in total. The van der Waals surface area contributed by atoms with E-state index in [2.05, 4.69) is 22.4 Å². The second-order valence-corrected chi connectivity index (χ2v) is 3.12. The van der Waals surface area contributed by atoms with E-state index in [9.17, 15) is 0 Å². The van der Waals surface area contributed by atoms with Gasteiger partial charge in [-0.15, -0.1) is 0 Å². The normalized spacial score (nSPS) is 15.4. The average molecular weight is 199 g/mol. The Morgan fingerprint density at radius 3 is 2.79 bits per heavy atom. The maximum atomic E-state index is 5.13. The van der Waals surface area contributed by atoms with Gasteiger partial charge in [-0.1, -0.05) is 12.1 Å². The van der Waals surface area contributed by atoms with E-state index in [0.29, 0.717) is 11.7 Å². The third kappa shape index (κ3) is 2.30. The van der Waals surface area contributed by atoms with E-state index in [1.165, 1.54) is 0 Å². The lowest BCUT2D eigenvalue weighted by molar-refractivity contribution is 0.109. The molecule has 5 heteroatoms. The molecule has 0 amide bonds. The van der Waals surface area contributed by atoms with E-state index in [0.717, 1.165) is 6.42 Å². The Morgan fingerprint density at radius 2 is 2.29 bits per heavy atom. The number of hydrogen-bond acceptors (Lipinski definition) is 5. The summed E-state index contributed by atoms with van der Waals surface area (Å²) in [6, 6.07) is 0.125. The number of methoxy groups -OCH3 is 1. The monoisotopic (exact) mass is 199 g/mol. The van der Waals surface area contributed by atoms with Gasteiger partial charge in [0, 0.05) is 7.11 Å². The second kappa shape index (κ2) is 5.07. The topological polar surface area (TPSA) is 60.2 Å². The van der Waals surface area contributed by atoms with Gasteiger partial charge in [-0.3, -0.25) is 0 Å². The first-order valence-corrected chi connectivity index (χ1v) is 4.76. The van der Waals surface area contributed by atoms with Crippen molar-refractivity contribution in [2.24, 2.45) is 0 Å². The van der Waals surface area contributed by atoms with Crippen LogP contribution in [0.15, 0.2) is 4.52 Å². The van der Waals surface area contributed by atoms with Gasteiger partial charge in [-0.05, 0) is 20.4 Å². The van der Waals surface area contributed by atoms with Gasteiger partial charge in [0.15, 0.2) is 5.82 Å². The van der Waals surface area contributed by atoms with Crippen LogP contribution in [0.25, 0.3) is 0 Å². The van der Waals surface area contributed by atoms with Crippen molar-refractivity contribution in [3.8, 4) is 0 Å². The molecule has 0 aliphatic heterocycles. The fourth-order valence-electron chi connectivity index (χ4n) is 1.16. The van der Waals surface area contributed by atoms with Crippen molar-refractivity contribution >= 4 is 0 Å². The van der Waals surface area contributed by atoms with E-state index < -0.39 is 0 Å². The lowest BCUT2D eigenvalue weighted by Crippen LogP contribution is -2.15. The van der Waals surface area contributed by atoms with Crippen molar-refractivity contribution in [2.45, 2.75) is 32.4 Å². The molecule has 0 spiro atoms. The van der Waals surface area contributed by atoms with Gasteiger partial charge in [0.25, 0.3) is 0 Å². The first-order valence-electron chi connectivity index (χ1n) is 4.76. The largest absolute Gasteiger partial charge is 0.374 e. The number of nitrogens with zero attached hydrogens (tertiary/aromatic N) is 2. The number of aromatic nitrogens is 2.